The largest absolute Gasteiger partial charge is 0.507 e. The molecule has 0 saturated carbocycles. The monoisotopic (exact) mass is 366 g/mol. The minimum atomic E-state index is -1.50. The Morgan fingerprint density at radius 3 is 2.59 bits per heavy atom. The number of allylic oxidation sites excluding steroid dienone is 3. The molecule has 1 atom stereocenters. The van der Waals surface area contributed by atoms with E-state index in [1.54, 1.807) is 30.4 Å². The van der Waals surface area contributed by atoms with Crippen LogP contribution in [0.5, 0.6) is 5.75 Å². The Bertz CT molecular complexity index is 884. The second-order valence-corrected chi connectivity index (χ2v) is 6.62. The Morgan fingerprint density at radius 2 is 1.96 bits per heavy atom. The van der Waals surface area contributed by atoms with E-state index >= 15 is 0 Å². The van der Waals surface area contributed by atoms with E-state index in [0.29, 0.717) is 29.7 Å². The molecule has 1 unspecified atom stereocenters. The molecule has 27 heavy (non-hydrogen) atoms. The average Bonchev–Trinajstić information content (AvgIpc) is 2.96. The first kappa shape index (κ1) is 18.7. The SMILES string of the molecule is C=CCc1ccc(C2(O)C=C(N3CC(=O)NC3=O)C=CC2)c(O)c1CC=C. The molecule has 2 aliphatic rings. The van der Waals surface area contributed by atoms with Crippen LogP contribution in [0.15, 0.2) is 61.4 Å². The number of carbonyl (C=O) groups is 2. The van der Waals surface area contributed by atoms with Crippen LogP contribution in [-0.4, -0.2) is 33.6 Å². The summed E-state index contributed by atoms with van der Waals surface area (Å²) in [7, 11) is 0. The molecular weight excluding hydrogens is 344 g/mol. The first-order valence-corrected chi connectivity index (χ1v) is 8.68. The van der Waals surface area contributed by atoms with Gasteiger partial charge in [0.15, 0.2) is 0 Å². The minimum absolute atomic E-state index is 0.00426. The van der Waals surface area contributed by atoms with E-state index in [0.717, 1.165) is 5.56 Å². The normalized spacial score (nSPS) is 21.8. The second-order valence-electron chi connectivity index (χ2n) is 6.62. The van der Waals surface area contributed by atoms with E-state index in [1.165, 1.54) is 11.0 Å². The van der Waals surface area contributed by atoms with Gasteiger partial charge in [-0.2, -0.15) is 0 Å². The van der Waals surface area contributed by atoms with E-state index in [1.807, 2.05) is 6.07 Å². The first-order valence-electron chi connectivity index (χ1n) is 8.68. The molecular formula is C21H22N2O4. The fraction of sp³-hybridized carbons (Fsp3) is 0.238. The number of rotatable bonds is 6. The van der Waals surface area contributed by atoms with Crippen LogP contribution in [0.25, 0.3) is 0 Å². The highest BCUT2D eigenvalue weighted by molar-refractivity contribution is 6.03. The van der Waals surface area contributed by atoms with Crippen LogP contribution in [0.1, 0.15) is 23.1 Å². The standard InChI is InChI=1S/C21H22N2O4/c1-3-6-14-9-10-17(19(25)16(14)7-4-2)21(27)11-5-8-15(12-21)23-13-18(24)22-20(23)26/h3-5,8-10,12,25,27H,1-2,6-7,11,13H2,(H,22,24,26). The fourth-order valence-electron chi connectivity index (χ4n) is 3.46. The average molecular weight is 366 g/mol. The van der Waals surface area contributed by atoms with Gasteiger partial charge in [0, 0.05) is 23.2 Å². The number of hydrogen-bond acceptors (Lipinski definition) is 4. The molecule has 1 heterocycles. The van der Waals surface area contributed by atoms with Gasteiger partial charge in [0.25, 0.3) is 0 Å². The summed E-state index contributed by atoms with van der Waals surface area (Å²) in [4.78, 5) is 24.6. The number of aliphatic hydroxyl groups is 1. The number of amides is 3. The molecule has 1 aromatic rings. The topological polar surface area (TPSA) is 89.9 Å². The van der Waals surface area contributed by atoms with E-state index in [-0.39, 0.29) is 18.7 Å². The lowest BCUT2D eigenvalue weighted by Crippen LogP contribution is -2.32. The quantitative estimate of drug-likeness (QED) is 0.533. The van der Waals surface area contributed by atoms with Crippen molar-refractivity contribution >= 4 is 11.9 Å². The summed E-state index contributed by atoms with van der Waals surface area (Å²) in [6.45, 7) is 7.37. The van der Waals surface area contributed by atoms with Crippen molar-refractivity contribution in [3.8, 4) is 5.75 Å². The summed E-state index contributed by atoms with van der Waals surface area (Å²) in [5.41, 5.74) is 0.860. The first-order chi connectivity index (χ1) is 12.9. The maximum absolute atomic E-state index is 11.9. The molecule has 140 valence electrons. The van der Waals surface area contributed by atoms with Gasteiger partial charge in [-0.05, 0) is 30.6 Å². The predicted octanol–water partition coefficient (Wildman–Crippen LogP) is 2.43. The number of nitrogens with zero attached hydrogens (tertiary/aromatic N) is 1. The van der Waals surface area contributed by atoms with Gasteiger partial charge in [0.05, 0.1) is 0 Å². The number of imide groups is 1. The molecule has 6 nitrogen and oxygen atoms in total. The summed E-state index contributed by atoms with van der Waals surface area (Å²) >= 11 is 0. The zero-order chi connectivity index (χ0) is 19.6. The van der Waals surface area contributed by atoms with Crippen LogP contribution < -0.4 is 5.32 Å². The minimum Gasteiger partial charge on any atom is -0.507 e. The van der Waals surface area contributed by atoms with Crippen LogP contribution >= 0.6 is 0 Å². The molecule has 1 aromatic carbocycles. The lowest BCUT2D eigenvalue weighted by atomic mass is 9.83. The molecule has 0 aromatic heterocycles. The third-order valence-electron chi connectivity index (χ3n) is 4.77. The van der Waals surface area contributed by atoms with E-state index in [4.69, 9.17) is 0 Å². The Morgan fingerprint density at radius 1 is 1.22 bits per heavy atom. The van der Waals surface area contributed by atoms with Crippen molar-refractivity contribution < 1.29 is 19.8 Å². The molecule has 1 aliphatic carbocycles. The maximum atomic E-state index is 11.9. The van der Waals surface area contributed by atoms with Crippen molar-refractivity contribution in [3.63, 3.8) is 0 Å². The van der Waals surface area contributed by atoms with Crippen molar-refractivity contribution in [1.82, 2.24) is 10.2 Å². The van der Waals surface area contributed by atoms with E-state index in [2.05, 4.69) is 18.5 Å². The van der Waals surface area contributed by atoms with Gasteiger partial charge in [-0.3, -0.25) is 15.0 Å². The van der Waals surface area contributed by atoms with Crippen LogP contribution in [-0.2, 0) is 23.2 Å². The number of aromatic hydroxyl groups is 1. The lowest BCUT2D eigenvalue weighted by Gasteiger charge is -2.31. The van der Waals surface area contributed by atoms with Crippen LogP contribution in [0, 0.1) is 0 Å². The number of benzene rings is 1. The van der Waals surface area contributed by atoms with E-state index in [9.17, 15) is 19.8 Å². The molecule has 0 radical (unpaired) electrons. The van der Waals surface area contributed by atoms with Gasteiger partial charge >= 0.3 is 6.03 Å². The molecule has 0 bridgehead atoms. The van der Waals surface area contributed by atoms with Crippen molar-refractivity contribution in [2.45, 2.75) is 24.9 Å². The van der Waals surface area contributed by atoms with Crippen LogP contribution in [0.4, 0.5) is 4.79 Å². The van der Waals surface area contributed by atoms with E-state index < -0.39 is 17.5 Å². The van der Waals surface area contributed by atoms with Crippen LogP contribution in [0.2, 0.25) is 0 Å². The summed E-state index contributed by atoms with van der Waals surface area (Å²) in [6.07, 6.45) is 9.63. The highest BCUT2D eigenvalue weighted by Crippen LogP contribution is 2.40. The summed E-state index contributed by atoms with van der Waals surface area (Å²) in [5.74, 6) is -0.391. The zero-order valence-corrected chi connectivity index (χ0v) is 14.9. The smallest absolute Gasteiger partial charge is 0.329 e. The number of nitrogens with one attached hydrogen (secondary N) is 1. The number of carbonyl (C=O) groups excluding carboxylic acids is 2. The van der Waals surface area contributed by atoms with Crippen molar-refractivity contribution in [1.29, 1.82) is 0 Å². The number of urea groups is 1. The molecule has 1 aliphatic heterocycles. The Kier molecular flexibility index (Phi) is 5.01. The Hall–Kier alpha value is -3.12. The van der Waals surface area contributed by atoms with Crippen LogP contribution in [0.3, 0.4) is 0 Å². The molecule has 3 rings (SSSR count). The number of phenols is 1. The van der Waals surface area contributed by atoms with Gasteiger partial charge in [-0.1, -0.05) is 30.4 Å². The highest BCUT2D eigenvalue weighted by atomic mass is 16.3. The van der Waals surface area contributed by atoms with Gasteiger partial charge in [-0.25, -0.2) is 4.79 Å². The summed E-state index contributed by atoms with van der Waals surface area (Å²) in [5, 5.41) is 24.3. The number of phenolic OH excluding ortho intramolecular Hbond substituents is 1. The molecule has 6 heteroatoms. The number of hydrogen-bond donors (Lipinski definition) is 3. The molecule has 0 spiro atoms. The van der Waals surface area contributed by atoms with Gasteiger partial charge in [-0.15, -0.1) is 13.2 Å². The molecule has 1 fully saturated rings. The molecule has 3 amide bonds. The van der Waals surface area contributed by atoms with Gasteiger partial charge in [0.1, 0.15) is 17.9 Å². The molecule has 3 N–H and O–H groups in total. The Labute approximate surface area is 157 Å². The highest BCUT2D eigenvalue weighted by Gasteiger charge is 2.36. The van der Waals surface area contributed by atoms with Gasteiger partial charge < -0.3 is 10.2 Å². The Balaban J connectivity index is 2.04. The second kappa shape index (κ2) is 7.25. The third kappa shape index (κ3) is 3.44. The van der Waals surface area contributed by atoms with Crippen molar-refractivity contribution in [2.24, 2.45) is 0 Å². The lowest BCUT2D eigenvalue weighted by molar-refractivity contribution is -0.118. The summed E-state index contributed by atoms with van der Waals surface area (Å²) < 4.78 is 0. The zero-order valence-electron chi connectivity index (χ0n) is 14.9. The van der Waals surface area contributed by atoms with Gasteiger partial charge in [0.2, 0.25) is 5.91 Å². The third-order valence-corrected chi connectivity index (χ3v) is 4.77. The van der Waals surface area contributed by atoms with Crippen molar-refractivity contribution in [2.75, 3.05) is 6.54 Å². The maximum Gasteiger partial charge on any atom is 0.329 e. The fourth-order valence-corrected chi connectivity index (χ4v) is 3.46. The van der Waals surface area contributed by atoms with Crippen molar-refractivity contribution in [3.05, 3.63) is 78.1 Å². The molecule has 1 saturated heterocycles. The summed E-state index contributed by atoms with van der Waals surface area (Å²) in [6, 6.07) is 3.01. The predicted molar refractivity (Wildman–Crippen MR) is 102 cm³/mol.